The standard InChI is InChI=1S/C13H17FN2O3/c1-9(10-5-3-4-6-11(10)14)16(2)8-12(17)15-7-13(18)19/h3-6,9H,7-8H2,1-2H3,(H,15,17)(H,18,19). The van der Waals surface area contributed by atoms with Gasteiger partial charge in [-0.15, -0.1) is 0 Å². The maximum absolute atomic E-state index is 13.6. The number of carbonyl (C=O) groups is 2. The Hall–Kier alpha value is -1.95. The molecule has 1 unspecified atom stereocenters. The zero-order valence-corrected chi connectivity index (χ0v) is 10.9. The van der Waals surface area contributed by atoms with E-state index in [1.54, 1.807) is 37.1 Å². The van der Waals surface area contributed by atoms with Crippen LogP contribution in [0.3, 0.4) is 0 Å². The highest BCUT2D eigenvalue weighted by atomic mass is 19.1. The topological polar surface area (TPSA) is 69.6 Å². The molecule has 0 radical (unpaired) electrons. The van der Waals surface area contributed by atoms with Crippen LogP contribution in [0.5, 0.6) is 0 Å². The van der Waals surface area contributed by atoms with Crippen LogP contribution in [0, 0.1) is 5.82 Å². The number of carboxylic acid groups (broad SMARTS) is 1. The predicted octanol–water partition coefficient (Wildman–Crippen LogP) is 1.02. The van der Waals surface area contributed by atoms with Gasteiger partial charge in [-0.1, -0.05) is 18.2 Å². The van der Waals surface area contributed by atoms with Crippen molar-refractivity contribution in [2.45, 2.75) is 13.0 Å². The van der Waals surface area contributed by atoms with Crippen LogP contribution in [0.4, 0.5) is 4.39 Å². The van der Waals surface area contributed by atoms with Crippen LogP contribution in [-0.2, 0) is 9.59 Å². The summed E-state index contributed by atoms with van der Waals surface area (Å²) in [4.78, 5) is 23.4. The fraction of sp³-hybridized carbons (Fsp3) is 0.385. The number of benzene rings is 1. The fourth-order valence-electron chi connectivity index (χ4n) is 1.64. The molecule has 1 amide bonds. The molecule has 1 aromatic rings. The van der Waals surface area contributed by atoms with Gasteiger partial charge in [-0.05, 0) is 20.0 Å². The minimum atomic E-state index is -1.10. The summed E-state index contributed by atoms with van der Waals surface area (Å²) in [5, 5.41) is 10.7. The van der Waals surface area contributed by atoms with Gasteiger partial charge in [0, 0.05) is 11.6 Å². The van der Waals surface area contributed by atoms with E-state index in [0.717, 1.165) is 0 Å². The van der Waals surface area contributed by atoms with E-state index < -0.39 is 18.4 Å². The van der Waals surface area contributed by atoms with Crippen molar-refractivity contribution < 1.29 is 19.1 Å². The molecule has 0 saturated carbocycles. The van der Waals surface area contributed by atoms with Crippen molar-refractivity contribution in [2.75, 3.05) is 20.1 Å². The molecular formula is C13H17FN2O3. The van der Waals surface area contributed by atoms with Crippen molar-refractivity contribution in [3.8, 4) is 0 Å². The number of halogens is 1. The second-order valence-corrected chi connectivity index (χ2v) is 4.28. The van der Waals surface area contributed by atoms with E-state index in [1.165, 1.54) is 6.07 Å². The summed E-state index contributed by atoms with van der Waals surface area (Å²) in [5.74, 6) is -1.83. The summed E-state index contributed by atoms with van der Waals surface area (Å²) in [6.45, 7) is 1.37. The quantitative estimate of drug-likeness (QED) is 0.808. The maximum atomic E-state index is 13.6. The van der Waals surface area contributed by atoms with Gasteiger partial charge in [0.15, 0.2) is 0 Å². The highest BCUT2D eigenvalue weighted by molar-refractivity contribution is 5.82. The van der Waals surface area contributed by atoms with E-state index in [-0.39, 0.29) is 18.4 Å². The Labute approximate surface area is 111 Å². The van der Waals surface area contributed by atoms with Crippen molar-refractivity contribution in [2.24, 2.45) is 0 Å². The monoisotopic (exact) mass is 268 g/mol. The second kappa shape index (κ2) is 6.84. The molecule has 0 aliphatic rings. The summed E-state index contributed by atoms with van der Waals surface area (Å²) >= 11 is 0. The number of hydrogen-bond donors (Lipinski definition) is 2. The van der Waals surface area contributed by atoms with Crippen LogP contribution in [0.2, 0.25) is 0 Å². The lowest BCUT2D eigenvalue weighted by Crippen LogP contribution is -2.38. The third kappa shape index (κ3) is 4.67. The molecule has 6 heteroatoms. The van der Waals surface area contributed by atoms with Gasteiger partial charge in [0.1, 0.15) is 12.4 Å². The first-order valence-electron chi connectivity index (χ1n) is 5.85. The van der Waals surface area contributed by atoms with Gasteiger partial charge in [0.2, 0.25) is 5.91 Å². The molecular weight excluding hydrogens is 251 g/mol. The Morgan fingerprint density at radius 1 is 1.42 bits per heavy atom. The number of nitrogens with one attached hydrogen (secondary N) is 1. The van der Waals surface area contributed by atoms with Gasteiger partial charge >= 0.3 is 5.97 Å². The van der Waals surface area contributed by atoms with Crippen LogP contribution in [0.15, 0.2) is 24.3 Å². The zero-order valence-electron chi connectivity index (χ0n) is 10.9. The van der Waals surface area contributed by atoms with Gasteiger partial charge in [-0.2, -0.15) is 0 Å². The zero-order chi connectivity index (χ0) is 14.4. The number of amides is 1. The van der Waals surface area contributed by atoms with Crippen LogP contribution in [-0.4, -0.2) is 42.0 Å². The highest BCUT2D eigenvalue weighted by Gasteiger charge is 2.17. The minimum absolute atomic E-state index is 0.00276. The number of carboxylic acids is 1. The Morgan fingerprint density at radius 3 is 2.63 bits per heavy atom. The van der Waals surface area contributed by atoms with Crippen LogP contribution < -0.4 is 5.32 Å². The first kappa shape index (κ1) is 15.1. The normalized spacial score (nSPS) is 12.2. The Balaban J connectivity index is 2.58. The number of likely N-dealkylation sites (N-methyl/N-ethyl adjacent to an activating group) is 1. The molecule has 0 bridgehead atoms. The van der Waals surface area contributed by atoms with E-state index in [2.05, 4.69) is 5.32 Å². The molecule has 0 saturated heterocycles. The number of nitrogens with zero attached hydrogens (tertiary/aromatic N) is 1. The first-order valence-corrected chi connectivity index (χ1v) is 5.85. The summed E-state index contributed by atoms with van der Waals surface area (Å²) in [5.41, 5.74) is 0.496. The van der Waals surface area contributed by atoms with Crippen LogP contribution in [0.25, 0.3) is 0 Å². The number of hydrogen-bond acceptors (Lipinski definition) is 3. The molecule has 1 aromatic carbocycles. The summed E-state index contributed by atoms with van der Waals surface area (Å²) < 4.78 is 13.6. The summed E-state index contributed by atoms with van der Waals surface area (Å²) in [7, 11) is 1.68. The van der Waals surface area contributed by atoms with Gasteiger partial charge in [0.25, 0.3) is 0 Å². The third-order valence-electron chi connectivity index (χ3n) is 2.85. The molecule has 0 aliphatic carbocycles. The van der Waals surface area contributed by atoms with Crippen molar-refractivity contribution in [3.63, 3.8) is 0 Å². The predicted molar refractivity (Wildman–Crippen MR) is 68.1 cm³/mol. The molecule has 19 heavy (non-hydrogen) atoms. The number of carbonyl (C=O) groups excluding carboxylic acids is 1. The average molecular weight is 268 g/mol. The lowest BCUT2D eigenvalue weighted by atomic mass is 10.1. The van der Waals surface area contributed by atoms with Gasteiger partial charge in [-0.25, -0.2) is 4.39 Å². The maximum Gasteiger partial charge on any atom is 0.322 e. The van der Waals surface area contributed by atoms with E-state index in [9.17, 15) is 14.0 Å². The molecule has 0 fully saturated rings. The molecule has 5 nitrogen and oxygen atoms in total. The molecule has 2 N–H and O–H groups in total. The van der Waals surface area contributed by atoms with Crippen LogP contribution >= 0.6 is 0 Å². The SMILES string of the molecule is CC(c1ccccc1F)N(C)CC(=O)NCC(=O)O. The highest BCUT2D eigenvalue weighted by Crippen LogP contribution is 2.20. The third-order valence-corrected chi connectivity index (χ3v) is 2.85. The molecule has 1 rings (SSSR count). The van der Waals surface area contributed by atoms with Crippen molar-refractivity contribution in [1.29, 1.82) is 0 Å². The van der Waals surface area contributed by atoms with E-state index in [1.807, 2.05) is 0 Å². The first-order chi connectivity index (χ1) is 8.91. The van der Waals surface area contributed by atoms with E-state index in [0.29, 0.717) is 5.56 Å². The van der Waals surface area contributed by atoms with E-state index >= 15 is 0 Å². The van der Waals surface area contributed by atoms with Crippen LogP contribution in [0.1, 0.15) is 18.5 Å². The minimum Gasteiger partial charge on any atom is -0.480 e. The smallest absolute Gasteiger partial charge is 0.322 e. The van der Waals surface area contributed by atoms with Gasteiger partial charge in [0.05, 0.1) is 6.54 Å². The van der Waals surface area contributed by atoms with Gasteiger partial charge in [-0.3, -0.25) is 14.5 Å². The van der Waals surface area contributed by atoms with Crippen molar-refractivity contribution in [1.82, 2.24) is 10.2 Å². The lowest BCUT2D eigenvalue weighted by molar-refractivity contribution is -0.138. The molecule has 0 heterocycles. The largest absolute Gasteiger partial charge is 0.480 e. The lowest BCUT2D eigenvalue weighted by Gasteiger charge is -2.24. The van der Waals surface area contributed by atoms with Crippen molar-refractivity contribution in [3.05, 3.63) is 35.6 Å². The van der Waals surface area contributed by atoms with Gasteiger partial charge < -0.3 is 10.4 Å². The molecule has 1 atom stereocenters. The Morgan fingerprint density at radius 2 is 2.05 bits per heavy atom. The Kier molecular flexibility index (Phi) is 5.44. The Bertz CT molecular complexity index is 465. The summed E-state index contributed by atoms with van der Waals surface area (Å²) in [6.07, 6.45) is 0. The molecule has 0 aromatic heterocycles. The van der Waals surface area contributed by atoms with E-state index in [4.69, 9.17) is 5.11 Å². The number of aliphatic carboxylic acids is 1. The van der Waals surface area contributed by atoms with Crippen molar-refractivity contribution >= 4 is 11.9 Å². The molecule has 0 spiro atoms. The fourth-order valence-corrected chi connectivity index (χ4v) is 1.64. The molecule has 0 aliphatic heterocycles. The second-order valence-electron chi connectivity index (χ2n) is 4.28. The average Bonchev–Trinajstić information content (AvgIpc) is 2.36. The molecule has 104 valence electrons. The summed E-state index contributed by atoms with van der Waals surface area (Å²) in [6, 6.07) is 6.07. The number of rotatable bonds is 6.